The number of fused-ring (bicyclic) bond motifs is 20. The molecule has 1 nitrogen and oxygen atoms in total. The Bertz CT molecular complexity index is 3130. The van der Waals surface area contributed by atoms with Crippen molar-refractivity contribution in [3.63, 3.8) is 0 Å². The van der Waals surface area contributed by atoms with Gasteiger partial charge < -0.3 is 4.90 Å². The Hall–Kier alpha value is -6.74. The van der Waals surface area contributed by atoms with Crippen molar-refractivity contribution in [2.75, 3.05) is 4.90 Å². The van der Waals surface area contributed by atoms with Gasteiger partial charge in [-0.1, -0.05) is 196 Å². The fourth-order valence-corrected chi connectivity index (χ4v) is 17.8. The Morgan fingerprint density at radius 2 is 0.862 bits per heavy atom. The van der Waals surface area contributed by atoms with E-state index < -0.39 is 13.5 Å². The third kappa shape index (κ3) is 3.69. The third-order valence-corrected chi connectivity index (χ3v) is 19.3. The highest BCUT2D eigenvalue weighted by Crippen LogP contribution is 2.63. The summed E-state index contributed by atoms with van der Waals surface area (Å²) >= 11 is 0. The predicted molar refractivity (Wildman–Crippen MR) is 244 cm³/mol. The molecule has 13 rings (SSSR count). The van der Waals surface area contributed by atoms with Crippen LogP contribution in [-0.2, 0) is 10.8 Å². The normalized spacial score (nSPS) is 16.1. The zero-order chi connectivity index (χ0) is 38.4. The minimum Gasteiger partial charge on any atom is -0.309 e. The number of rotatable bonds is 1. The van der Waals surface area contributed by atoms with Gasteiger partial charge in [0.05, 0.1) is 16.8 Å². The summed E-state index contributed by atoms with van der Waals surface area (Å²) < 4.78 is 0. The SMILES string of the molecule is CC1(C)c2ccccc2C2(c3ccccc3N(c3ccc4c(c3)[Si]3(c5ccccc5-c5ccccc53)c3ccccc3-4)c3c2ccc2ccccc32)c2ccccc21. The molecule has 3 heterocycles. The summed E-state index contributed by atoms with van der Waals surface area (Å²) in [7, 11) is -2.66. The van der Waals surface area contributed by atoms with Crippen LogP contribution >= 0.6 is 0 Å². The van der Waals surface area contributed by atoms with Gasteiger partial charge in [0.25, 0.3) is 0 Å². The van der Waals surface area contributed by atoms with Crippen LogP contribution in [0.2, 0.25) is 0 Å². The van der Waals surface area contributed by atoms with E-state index in [0.29, 0.717) is 0 Å². The summed E-state index contributed by atoms with van der Waals surface area (Å²) in [5.74, 6) is 0. The van der Waals surface area contributed by atoms with Crippen LogP contribution in [0.1, 0.15) is 47.2 Å². The molecule has 9 aromatic rings. The summed E-state index contributed by atoms with van der Waals surface area (Å²) in [6.45, 7) is 4.81. The molecule has 0 saturated carbocycles. The molecule has 0 aromatic heterocycles. The molecule has 0 unspecified atom stereocenters. The molecule has 0 radical (unpaired) electrons. The molecule has 0 amide bonds. The molecule has 2 spiro atoms. The molecule has 0 fully saturated rings. The largest absolute Gasteiger partial charge is 0.309 e. The lowest BCUT2D eigenvalue weighted by Gasteiger charge is -2.52. The van der Waals surface area contributed by atoms with Gasteiger partial charge in [-0.05, 0) is 100.0 Å². The zero-order valence-electron chi connectivity index (χ0n) is 32.5. The smallest absolute Gasteiger partial charge is 0.182 e. The zero-order valence-corrected chi connectivity index (χ0v) is 33.5. The van der Waals surface area contributed by atoms with Gasteiger partial charge in [-0.25, -0.2) is 0 Å². The van der Waals surface area contributed by atoms with Crippen LogP contribution < -0.4 is 25.6 Å². The standard InChI is InChI=1S/C56H39NSi/c1-55(2)43-22-8-10-24-45(43)56(46-25-11-9-23-44(46)55)47-26-12-13-27-49(47)57(54-38-18-4-3-17-36(38)31-34-48(54)56)37-32-33-42-41-21-7-16-30-52(41)58(53(42)35-37)50-28-14-5-19-39(50)40-20-6-15-29-51(40)58/h3-35H,1-2H3. The average Bonchev–Trinajstić information content (AvgIpc) is 3.75. The van der Waals surface area contributed by atoms with E-state index in [1.165, 1.54) is 104 Å². The van der Waals surface area contributed by atoms with Crippen molar-refractivity contribution in [3.05, 3.63) is 234 Å². The van der Waals surface area contributed by atoms with Gasteiger partial charge in [0.2, 0.25) is 0 Å². The maximum absolute atomic E-state index is 2.66. The van der Waals surface area contributed by atoms with Crippen LogP contribution in [0.4, 0.5) is 17.1 Å². The Kier molecular flexibility index (Phi) is 6.26. The number of hydrogen-bond acceptors (Lipinski definition) is 1. The second kappa shape index (κ2) is 11.2. The minimum absolute atomic E-state index is 0.163. The molecule has 58 heavy (non-hydrogen) atoms. The van der Waals surface area contributed by atoms with E-state index in [0.717, 1.165) is 0 Å². The van der Waals surface area contributed by atoms with E-state index in [1.54, 1.807) is 0 Å². The highest BCUT2D eigenvalue weighted by molar-refractivity contribution is 7.24. The van der Waals surface area contributed by atoms with E-state index in [1.807, 2.05) is 0 Å². The molecule has 9 aromatic carbocycles. The van der Waals surface area contributed by atoms with Crippen molar-refractivity contribution >= 4 is 56.7 Å². The van der Waals surface area contributed by atoms with Gasteiger partial charge in [0, 0.05) is 16.5 Å². The molecular formula is C56H39NSi. The van der Waals surface area contributed by atoms with Crippen molar-refractivity contribution in [2.45, 2.75) is 24.7 Å². The Balaban J connectivity index is 1.16. The van der Waals surface area contributed by atoms with Gasteiger partial charge in [0.15, 0.2) is 8.07 Å². The Morgan fingerprint density at radius 1 is 0.379 bits per heavy atom. The lowest BCUT2D eigenvalue weighted by Crippen LogP contribution is -2.70. The van der Waals surface area contributed by atoms with Crippen LogP contribution in [0.25, 0.3) is 33.0 Å². The van der Waals surface area contributed by atoms with E-state index in [-0.39, 0.29) is 5.41 Å². The summed E-state index contributed by atoms with van der Waals surface area (Å²) in [5, 5.41) is 8.50. The van der Waals surface area contributed by atoms with E-state index >= 15 is 0 Å². The number of benzene rings is 9. The van der Waals surface area contributed by atoms with Crippen molar-refractivity contribution in [1.29, 1.82) is 0 Å². The summed E-state index contributed by atoms with van der Waals surface area (Å²) in [6, 6.07) is 76.9. The number of anilines is 3. The van der Waals surface area contributed by atoms with E-state index in [9.17, 15) is 0 Å². The molecule has 1 aliphatic carbocycles. The topological polar surface area (TPSA) is 3.24 Å². The second-order valence-electron chi connectivity index (χ2n) is 17.1. The lowest BCUT2D eigenvalue weighted by atomic mass is 9.53. The van der Waals surface area contributed by atoms with Gasteiger partial charge in [-0.15, -0.1) is 0 Å². The third-order valence-electron chi connectivity index (χ3n) is 14.3. The average molecular weight is 754 g/mol. The first-order chi connectivity index (χ1) is 28.6. The first-order valence-electron chi connectivity index (χ1n) is 20.6. The van der Waals surface area contributed by atoms with Gasteiger partial charge in [0.1, 0.15) is 0 Å². The fourth-order valence-electron chi connectivity index (χ4n) is 12.1. The fraction of sp³-hybridized carbons (Fsp3) is 0.0714. The monoisotopic (exact) mass is 753 g/mol. The Morgan fingerprint density at radius 3 is 1.48 bits per heavy atom. The quantitative estimate of drug-likeness (QED) is 0.151. The van der Waals surface area contributed by atoms with Gasteiger partial charge >= 0.3 is 0 Å². The highest BCUT2D eigenvalue weighted by atomic mass is 28.3. The molecule has 0 atom stereocenters. The van der Waals surface area contributed by atoms with Gasteiger partial charge in [-0.3, -0.25) is 0 Å². The van der Waals surface area contributed by atoms with Crippen molar-refractivity contribution in [2.24, 2.45) is 0 Å². The van der Waals surface area contributed by atoms with Crippen molar-refractivity contribution in [1.82, 2.24) is 0 Å². The minimum atomic E-state index is -2.66. The van der Waals surface area contributed by atoms with Crippen molar-refractivity contribution < 1.29 is 0 Å². The first kappa shape index (κ1) is 32.4. The van der Waals surface area contributed by atoms with Crippen molar-refractivity contribution in [3.8, 4) is 22.3 Å². The van der Waals surface area contributed by atoms with Gasteiger partial charge in [-0.2, -0.15) is 0 Å². The molecule has 0 saturated heterocycles. The van der Waals surface area contributed by atoms with Crippen LogP contribution in [0.5, 0.6) is 0 Å². The number of hydrogen-bond donors (Lipinski definition) is 0. The second-order valence-corrected chi connectivity index (χ2v) is 20.8. The lowest BCUT2D eigenvalue weighted by molar-refractivity contribution is 0.557. The maximum Gasteiger partial charge on any atom is 0.182 e. The predicted octanol–water partition coefficient (Wildman–Crippen LogP) is 11.0. The molecule has 2 heteroatoms. The molecule has 0 N–H and O–H groups in total. The molecule has 272 valence electrons. The molecule has 4 aliphatic rings. The van der Waals surface area contributed by atoms with E-state index in [4.69, 9.17) is 0 Å². The van der Waals surface area contributed by atoms with Crippen LogP contribution in [0.3, 0.4) is 0 Å². The molecular weight excluding hydrogens is 715 g/mol. The molecule has 3 aliphatic heterocycles. The summed E-state index contributed by atoms with van der Waals surface area (Å²) in [6.07, 6.45) is 0. The summed E-state index contributed by atoms with van der Waals surface area (Å²) in [5.41, 5.74) is 16.7. The maximum atomic E-state index is 2.63. The summed E-state index contributed by atoms with van der Waals surface area (Å²) in [4.78, 5) is 2.63. The van der Waals surface area contributed by atoms with E-state index in [2.05, 4.69) is 219 Å². The van der Waals surface area contributed by atoms with Crippen LogP contribution in [0.15, 0.2) is 200 Å². The first-order valence-corrected chi connectivity index (χ1v) is 22.6. The van der Waals surface area contributed by atoms with Crippen LogP contribution in [0, 0.1) is 0 Å². The number of para-hydroxylation sites is 1. The number of nitrogens with zero attached hydrogens (tertiary/aromatic N) is 1. The molecule has 0 bridgehead atoms. The Labute approximate surface area is 340 Å². The van der Waals surface area contributed by atoms with Crippen LogP contribution in [-0.4, -0.2) is 8.07 Å². The highest BCUT2D eigenvalue weighted by Gasteiger charge is 2.56.